The summed E-state index contributed by atoms with van der Waals surface area (Å²) in [5.41, 5.74) is 8.95. The Bertz CT molecular complexity index is 794. The first-order chi connectivity index (χ1) is 10.0. The Hall–Kier alpha value is -1.68. The van der Waals surface area contributed by atoms with Crippen LogP contribution in [0.2, 0.25) is 15.1 Å². The van der Waals surface area contributed by atoms with Crippen LogP contribution in [-0.4, -0.2) is 9.78 Å². The fraction of sp³-hybridized carbons (Fsp3) is 0. The number of nitrogens with two attached hydrogens (primary N) is 1. The van der Waals surface area contributed by atoms with Crippen LogP contribution in [0.3, 0.4) is 0 Å². The minimum atomic E-state index is 0.467. The van der Waals surface area contributed by atoms with Gasteiger partial charge in [0.2, 0.25) is 0 Å². The van der Waals surface area contributed by atoms with E-state index >= 15 is 0 Å². The number of hydrogen-bond donors (Lipinski definition) is 1. The van der Waals surface area contributed by atoms with Crippen molar-refractivity contribution in [2.45, 2.75) is 0 Å². The van der Waals surface area contributed by atoms with E-state index in [1.54, 1.807) is 35.1 Å². The second-order valence-electron chi connectivity index (χ2n) is 4.48. The van der Waals surface area contributed by atoms with Crippen molar-refractivity contribution in [2.75, 3.05) is 5.73 Å². The highest BCUT2D eigenvalue weighted by Gasteiger charge is 2.11. The molecule has 0 aliphatic rings. The van der Waals surface area contributed by atoms with Crippen LogP contribution in [0.25, 0.3) is 16.9 Å². The van der Waals surface area contributed by atoms with Crippen molar-refractivity contribution >= 4 is 40.5 Å². The Morgan fingerprint density at radius 2 is 1.62 bits per heavy atom. The molecule has 1 heterocycles. The second kappa shape index (κ2) is 5.60. The van der Waals surface area contributed by atoms with Crippen molar-refractivity contribution in [3.8, 4) is 16.9 Å². The zero-order valence-corrected chi connectivity index (χ0v) is 13.0. The molecule has 6 heteroatoms. The van der Waals surface area contributed by atoms with Gasteiger partial charge in [-0.3, -0.25) is 0 Å². The van der Waals surface area contributed by atoms with Gasteiger partial charge in [0.05, 0.1) is 27.6 Å². The van der Waals surface area contributed by atoms with E-state index in [0.29, 0.717) is 26.4 Å². The molecule has 0 spiro atoms. The number of halogens is 3. The molecule has 0 bridgehead atoms. The van der Waals surface area contributed by atoms with E-state index in [1.807, 2.05) is 18.2 Å². The second-order valence-corrected chi connectivity index (χ2v) is 5.73. The van der Waals surface area contributed by atoms with Crippen molar-refractivity contribution in [3.63, 3.8) is 0 Å². The molecule has 3 aromatic rings. The first-order valence-electron chi connectivity index (χ1n) is 6.11. The number of aromatic nitrogens is 2. The van der Waals surface area contributed by atoms with Crippen LogP contribution in [0, 0.1) is 0 Å². The topological polar surface area (TPSA) is 43.8 Å². The lowest BCUT2D eigenvalue weighted by molar-refractivity contribution is 0.884. The highest BCUT2D eigenvalue weighted by molar-refractivity contribution is 6.42. The van der Waals surface area contributed by atoms with Crippen molar-refractivity contribution < 1.29 is 0 Å². The molecule has 106 valence electrons. The summed E-state index contributed by atoms with van der Waals surface area (Å²) in [6.07, 6.45) is 1.75. The van der Waals surface area contributed by atoms with Crippen LogP contribution in [0.5, 0.6) is 0 Å². The summed E-state index contributed by atoms with van der Waals surface area (Å²) < 4.78 is 1.70. The van der Waals surface area contributed by atoms with Crippen LogP contribution in [0.15, 0.2) is 48.7 Å². The monoisotopic (exact) mass is 337 g/mol. The normalized spacial score (nSPS) is 10.8. The van der Waals surface area contributed by atoms with Crippen LogP contribution in [0.4, 0.5) is 5.69 Å². The predicted octanol–water partition coefficient (Wildman–Crippen LogP) is 5.08. The van der Waals surface area contributed by atoms with Crippen LogP contribution < -0.4 is 5.73 Å². The summed E-state index contributed by atoms with van der Waals surface area (Å²) >= 11 is 17.8. The fourth-order valence-corrected chi connectivity index (χ4v) is 2.41. The Balaban J connectivity index is 2.05. The number of nitrogen functional groups attached to an aromatic ring is 1. The van der Waals surface area contributed by atoms with Gasteiger partial charge in [-0.2, -0.15) is 5.10 Å². The van der Waals surface area contributed by atoms with Crippen molar-refractivity contribution in [1.29, 1.82) is 0 Å². The van der Waals surface area contributed by atoms with E-state index in [0.717, 1.165) is 11.3 Å². The fourth-order valence-electron chi connectivity index (χ4n) is 1.98. The Morgan fingerprint density at radius 3 is 2.29 bits per heavy atom. The van der Waals surface area contributed by atoms with E-state index in [4.69, 9.17) is 40.5 Å². The zero-order chi connectivity index (χ0) is 15.0. The highest BCUT2D eigenvalue weighted by Crippen LogP contribution is 2.31. The standard InChI is InChI=1S/C15H10Cl3N3/c16-10-2-4-11(5-3-10)21-8-14(19)15(20-21)9-1-6-12(17)13(18)7-9/h1-8H,19H2. The van der Waals surface area contributed by atoms with Crippen molar-refractivity contribution in [2.24, 2.45) is 0 Å². The average Bonchev–Trinajstić information content (AvgIpc) is 2.85. The molecule has 3 nitrogen and oxygen atoms in total. The summed E-state index contributed by atoms with van der Waals surface area (Å²) in [5.74, 6) is 0. The minimum absolute atomic E-state index is 0.467. The lowest BCUT2D eigenvalue weighted by atomic mass is 10.1. The first kappa shape index (κ1) is 14.3. The largest absolute Gasteiger partial charge is 0.396 e. The lowest BCUT2D eigenvalue weighted by Gasteiger charge is -2.02. The van der Waals surface area contributed by atoms with Gasteiger partial charge in [-0.05, 0) is 36.4 Å². The SMILES string of the molecule is Nc1cn(-c2ccc(Cl)cc2)nc1-c1ccc(Cl)c(Cl)c1. The molecule has 0 fully saturated rings. The van der Waals surface area contributed by atoms with Gasteiger partial charge in [-0.1, -0.05) is 40.9 Å². The zero-order valence-electron chi connectivity index (χ0n) is 10.7. The highest BCUT2D eigenvalue weighted by atomic mass is 35.5. The average molecular weight is 339 g/mol. The van der Waals surface area contributed by atoms with Crippen LogP contribution in [0.1, 0.15) is 0 Å². The summed E-state index contributed by atoms with van der Waals surface area (Å²) in [7, 11) is 0. The molecule has 0 atom stereocenters. The molecular weight excluding hydrogens is 329 g/mol. The summed E-state index contributed by atoms with van der Waals surface area (Å²) in [5, 5.41) is 6.13. The smallest absolute Gasteiger partial charge is 0.116 e. The van der Waals surface area contributed by atoms with E-state index in [2.05, 4.69) is 5.10 Å². The van der Waals surface area contributed by atoms with Crippen LogP contribution in [-0.2, 0) is 0 Å². The molecule has 0 saturated heterocycles. The summed E-state index contributed by atoms with van der Waals surface area (Å²) in [6.45, 7) is 0. The molecule has 0 aliphatic carbocycles. The van der Waals surface area contributed by atoms with E-state index in [1.165, 1.54) is 0 Å². The Labute approximate surface area is 136 Å². The molecule has 0 aliphatic heterocycles. The molecule has 2 N–H and O–H groups in total. The molecule has 2 aromatic carbocycles. The third-order valence-electron chi connectivity index (χ3n) is 3.03. The molecule has 0 unspecified atom stereocenters. The van der Waals surface area contributed by atoms with Gasteiger partial charge in [0.1, 0.15) is 5.69 Å². The van der Waals surface area contributed by atoms with Gasteiger partial charge in [-0.15, -0.1) is 0 Å². The van der Waals surface area contributed by atoms with E-state index in [-0.39, 0.29) is 0 Å². The van der Waals surface area contributed by atoms with Gasteiger partial charge < -0.3 is 5.73 Å². The molecule has 3 rings (SSSR count). The number of nitrogens with zero attached hydrogens (tertiary/aromatic N) is 2. The predicted molar refractivity (Wildman–Crippen MR) is 88.4 cm³/mol. The number of anilines is 1. The maximum absolute atomic E-state index is 6.04. The molecule has 0 saturated carbocycles. The van der Waals surface area contributed by atoms with Crippen LogP contribution >= 0.6 is 34.8 Å². The maximum atomic E-state index is 6.04. The summed E-state index contributed by atoms with van der Waals surface area (Å²) in [4.78, 5) is 0. The molecule has 21 heavy (non-hydrogen) atoms. The molecular formula is C15H10Cl3N3. The van der Waals surface area contributed by atoms with Crippen molar-refractivity contribution in [1.82, 2.24) is 9.78 Å². The minimum Gasteiger partial charge on any atom is -0.396 e. The Morgan fingerprint density at radius 1 is 0.905 bits per heavy atom. The van der Waals surface area contributed by atoms with Gasteiger partial charge in [0.15, 0.2) is 0 Å². The van der Waals surface area contributed by atoms with Crippen molar-refractivity contribution in [3.05, 3.63) is 63.7 Å². The van der Waals surface area contributed by atoms with E-state index < -0.39 is 0 Å². The first-order valence-corrected chi connectivity index (χ1v) is 7.24. The van der Waals surface area contributed by atoms with Gasteiger partial charge >= 0.3 is 0 Å². The van der Waals surface area contributed by atoms with Gasteiger partial charge in [-0.25, -0.2) is 4.68 Å². The summed E-state index contributed by atoms with van der Waals surface area (Å²) in [6, 6.07) is 12.6. The third kappa shape index (κ3) is 2.86. The third-order valence-corrected chi connectivity index (χ3v) is 4.02. The van der Waals surface area contributed by atoms with Gasteiger partial charge in [0.25, 0.3) is 0 Å². The maximum Gasteiger partial charge on any atom is 0.116 e. The molecule has 0 radical (unpaired) electrons. The lowest BCUT2D eigenvalue weighted by Crippen LogP contribution is -1.94. The molecule has 1 aromatic heterocycles. The Kier molecular flexibility index (Phi) is 3.81. The van der Waals surface area contributed by atoms with Gasteiger partial charge in [0, 0.05) is 10.6 Å². The molecule has 0 amide bonds. The number of hydrogen-bond acceptors (Lipinski definition) is 2. The van der Waals surface area contributed by atoms with E-state index in [9.17, 15) is 0 Å². The number of rotatable bonds is 2. The quantitative estimate of drug-likeness (QED) is 0.708. The number of benzene rings is 2.